The number of piperidine rings is 1. The lowest BCUT2D eigenvalue weighted by molar-refractivity contribution is 0.0925. The first-order valence-corrected chi connectivity index (χ1v) is 7.04. The number of hydrogen-bond acceptors (Lipinski definition) is 4. The number of carbonyl (C=O) groups excluding carboxylic acids is 1. The van der Waals surface area contributed by atoms with E-state index >= 15 is 0 Å². The van der Waals surface area contributed by atoms with Crippen LogP contribution in [0.2, 0.25) is 0 Å². The molecule has 110 valence electrons. The zero-order valence-corrected chi connectivity index (χ0v) is 12.4. The maximum atomic E-state index is 12.2. The average molecular weight is 277 g/mol. The monoisotopic (exact) mass is 277 g/mol. The Hall–Kier alpha value is -1.62. The van der Waals surface area contributed by atoms with E-state index in [1.54, 1.807) is 25.6 Å². The number of amides is 1. The number of nitrogens with one attached hydrogen (secondary N) is 2. The van der Waals surface area contributed by atoms with Gasteiger partial charge in [-0.2, -0.15) is 0 Å². The Balaban J connectivity index is 1.98. The molecule has 0 bridgehead atoms. The molecular formula is C15H23N3O2. The van der Waals surface area contributed by atoms with Crippen molar-refractivity contribution in [3.05, 3.63) is 24.0 Å². The van der Waals surface area contributed by atoms with E-state index in [0.29, 0.717) is 23.9 Å². The van der Waals surface area contributed by atoms with Gasteiger partial charge in [0.1, 0.15) is 5.75 Å². The first-order chi connectivity index (χ1) is 9.54. The fourth-order valence-corrected chi connectivity index (χ4v) is 2.64. The van der Waals surface area contributed by atoms with Gasteiger partial charge in [-0.15, -0.1) is 0 Å². The molecule has 0 saturated carbocycles. The van der Waals surface area contributed by atoms with Crippen molar-refractivity contribution in [2.45, 2.75) is 32.7 Å². The highest BCUT2D eigenvalue weighted by Gasteiger charge is 2.32. The van der Waals surface area contributed by atoms with Crippen LogP contribution in [0.15, 0.2) is 18.5 Å². The summed E-state index contributed by atoms with van der Waals surface area (Å²) < 4.78 is 5.16. The molecule has 0 spiro atoms. The summed E-state index contributed by atoms with van der Waals surface area (Å²) in [6.45, 7) is 6.12. The van der Waals surface area contributed by atoms with Crippen molar-refractivity contribution in [2.24, 2.45) is 5.41 Å². The van der Waals surface area contributed by atoms with E-state index in [1.165, 1.54) is 12.8 Å². The van der Waals surface area contributed by atoms with Crippen molar-refractivity contribution in [1.82, 2.24) is 15.6 Å². The van der Waals surface area contributed by atoms with E-state index in [2.05, 4.69) is 29.5 Å². The average Bonchev–Trinajstić information content (AvgIpc) is 2.45. The third-order valence-corrected chi connectivity index (χ3v) is 4.05. The van der Waals surface area contributed by atoms with Crippen LogP contribution >= 0.6 is 0 Å². The van der Waals surface area contributed by atoms with Crippen molar-refractivity contribution in [3.63, 3.8) is 0 Å². The Morgan fingerprint density at radius 3 is 3.10 bits per heavy atom. The van der Waals surface area contributed by atoms with Crippen LogP contribution in [-0.2, 0) is 0 Å². The first kappa shape index (κ1) is 14.8. The predicted octanol–water partition coefficient (Wildman–Crippen LogP) is 1.60. The summed E-state index contributed by atoms with van der Waals surface area (Å²) >= 11 is 0. The molecule has 1 unspecified atom stereocenters. The van der Waals surface area contributed by atoms with Gasteiger partial charge in [-0.25, -0.2) is 0 Å². The van der Waals surface area contributed by atoms with Gasteiger partial charge >= 0.3 is 0 Å². The molecular weight excluding hydrogens is 254 g/mol. The lowest BCUT2D eigenvalue weighted by Gasteiger charge is -2.39. The minimum atomic E-state index is -0.118. The van der Waals surface area contributed by atoms with Gasteiger partial charge in [-0.05, 0) is 30.9 Å². The molecule has 1 fully saturated rings. The molecule has 5 heteroatoms. The molecule has 1 saturated heterocycles. The van der Waals surface area contributed by atoms with Crippen LogP contribution in [0.1, 0.15) is 37.0 Å². The molecule has 0 aromatic carbocycles. The summed E-state index contributed by atoms with van der Waals surface area (Å²) in [6.07, 6.45) is 5.52. The van der Waals surface area contributed by atoms with Crippen LogP contribution in [0.25, 0.3) is 0 Å². The van der Waals surface area contributed by atoms with Crippen molar-refractivity contribution in [2.75, 3.05) is 20.2 Å². The van der Waals surface area contributed by atoms with E-state index < -0.39 is 0 Å². The number of carbonyl (C=O) groups is 1. The van der Waals surface area contributed by atoms with Crippen LogP contribution in [0.4, 0.5) is 0 Å². The highest BCUT2D eigenvalue weighted by atomic mass is 16.5. The quantitative estimate of drug-likeness (QED) is 0.877. The number of pyridine rings is 1. The van der Waals surface area contributed by atoms with Gasteiger partial charge in [0.05, 0.1) is 18.9 Å². The number of aromatic nitrogens is 1. The van der Waals surface area contributed by atoms with Crippen molar-refractivity contribution < 1.29 is 9.53 Å². The van der Waals surface area contributed by atoms with E-state index in [-0.39, 0.29) is 11.3 Å². The van der Waals surface area contributed by atoms with E-state index in [9.17, 15) is 4.79 Å². The Bertz CT molecular complexity index is 474. The highest BCUT2D eigenvalue weighted by Crippen LogP contribution is 2.29. The summed E-state index contributed by atoms with van der Waals surface area (Å²) in [4.78, 5) is 16.2. The fraction of sp³-hybridized carbons (Fsp3) is 0.600. The Kier molecular flexibility index (Phi) is 4.60. The second kappa shape index (κ2) is 6.22. The fourth-order valence-electron chi connectivity index (χ4n) is 2.64. The maximum absolute atomic E-state index is 12.2. The van der Waals surface area contributed by atoms with Gasteiger partial charge in [0.15, 0.2) is 0 Å². The van der Waals surface area contributed by atoms with E-state index in [0.717, 1.165) is 6.54 Å². The van der Waals surface area contributed by atoms with Gasteiger partial charge in [0, 0.05) is 18.8 Å². The third-order valence-electron chi connectivity index (χ3n) is 4.05. The lowest BCUT2D eigenvalue weighted by atomic mass is 9.77. The van der Waals surface area contributed by atoms with Crippen LogP contribution in [0.5, 0.6) is 5.75 Å². The van der Waals surface area contributed by atoms with Gasteiger partial charge in [0.2, 0.25) is 0 Å². The Morgan fingerprint density at radius 1 is 1.60 bits per heavy atom. The second-order valence-electron chi connectivity index (χ2n) is 5.88. The molecule has 2 rings (SSSR count). The van der Waals surface area contributed by atoms with Gasteiger partial charge in [0.25, 0.3) is 5.91 Å². The topological polar surface area (TPSA) is 63.2 Å². The zero-order valence-electron chi connectivity index (χ0n) is 12.4. The number of hydrogen-bond donors (Lipinski definition) is 2. The molecule has 2 heterocycles. The smallest absolute Gasteiger partial charge is 0.255 e. The molecule has 1 aromatic heterocycles. The minimum Gasteiger partial charge on any atom is -0.494 e. The highest BCUT2D eigenvalue weighted by molar-refractivity contribution is 5.96. The molecule has 0 radical (unpaired) electrons. The maximum Gasteiger partial charge on any atom is 0.255 e. The SMILES string of the molecule is COc1cnccc1C(=O)NCC1NCCCC1(C)C. The summed E-state index contributed by atoms with van der Waals surface area (Å²) in [5.41, 5.74) is 0.726. The van der Waals surface area contributed by atoms with Crippen LogP contribution < -0.4 is 15.4 Å². The zero-order chi connectivity index (χ0) is 14.6. The van der Waals surface area contributed by atoms with Crippen molar-refractivity contribution >= 4 is 5.91 Å². The molecule has 1 aliphatic rings. The second-order valence-corrected chi connectivity index (χ2v) is 5.88. The first-order valence-electron chi connectivity index (χ1n) is 7.04. The number of rotatable bonds is 4. The number of ether oxygens (including phenoxy) is 1. The third kappa shape index (κ3) is 3.28. The largest absolute Gasteiger partial charge is 0.494 e. The van der Waals surface area contributed by atoms with Gasteiger partial charge in [-0.3, -0.25) is 9.78 Å². The standard InChI is InChI=1S/C15H23N3O2/c1-15(2)6-4-7-17-13(15)10-18-14(19)11-5-8-16-9-12(11)20-3/h5,8-9,13,17H,4,6-7,10H2,1-3H3,(H,18,19). The molecule has 1 amide bonds. The normalized spacial score (nSPS) is 21.2. The molecule has 1 aliphatic heterocycles. The molecule has 1 aromatic rings. The van der Waals surface area contributed by atoms with E-state index in [1.807, 2.05) is 0 Å². The number of methoxy groups -OCH3 is 1. The van der Waals surface area contributed by atoms with Crippen LogP contribution in [-0.4, -0.2) is 37.1 Å². The predicted molar refractivity (Wildman–Crippen MR) is 77.9 cm³/mol. The van der Waals surface area contributed by atoms with E-state index in [4.69, 9.17) is 4.74 Å². The minimum absolute atomic E-state index is 0.118. The summed E-state index contributed by atoms with van der Waals surface area (Å²) in [7, 11) is 1.54. The molecule has 2 N–H and O–H groups in total. The molecule has 20 heavy (non-hydrogen) atoms. The summed E-state index contributed by atoms with van der Waals surface area (Å²) in [5.74, 6) is 0.383. The molecule has 5 nitrogen and oxygen atoms in total. The lowest BCUT2D eigenvalue weighted by Crippen LogP contribution is -2.52. The summed E-state index contributed by atoms with van der Waals surface area (Å²) in [6, 6.07) is 1.97. The molecule has 1 atom stereocenters. The Morgan fingerprint density at radius 2 is 2.40 bits per heavy atom. The van der Waals surface area contributed by atoms with Crippen molar-refractivity contribution in [3.8, 4) is 5.75 Å². The molecule has 0 aliphatic carbocycles. The number of nitrogens with zero attached hydrogens (tertiary/aromatic N) is 1. The summed E-state index contributed by atoms with van der Waals surface area (Å²) in [5, 5.41) is 6.48. The van der Waals surface area contributed by atoms with Crippen LogP contribution in [0.3, 0.4) is 0 Å². The Labute approximate surface area is 120 Å². The van der Waals surface area contributed by atoms with Crippen molar-refractivity contribution in [1.29, 1.82) is 0 Å². The van der Waals surface area contributed by atoms with Gasteiger partial charge in [-0.1, -0.05) is 13.8 Å². The van der Waals surface area contributed by atoms with Crippen LogP contribution in [0, 0.1) is 5.41 Å². The van der Waals surface area contributed by atoms with Gasteiger partial charge < -0.3 is 15.4 Å².